The smallest absolute Gasteiger partial charge is 0.348 e. The lowest BCUT2D eigenvalue weighted by Crippen LogP contribution is -2.12. The average molecular weight is 504 g/mol. The summed E-state index contributed by atoms with van der Waals surface area (Å²) in [6, 6.07) is 12.5. The molecule has 0 aliphatic heterocycles. The Morgan fingerprint density at radius 3 is 2.58 bits per heavy atom. The maximum atomic E-state index is 12.4. The summed E-state index contributed by atoms with van der Waals surface area (Å²) in [6.07, 6.45) is 1.40. The van der Waals surface area contributed by atoms with Crippen molar-refractivity contribution in [2.45, 2.75) is 25.7 Å². The number of hydrogen-bond acceptors (Lipinski definition) is 7. The van der Waals surface area contributed by atoms with Crippen LogP contribution in [0.15, 0.2) is 51.3 Å². The number of aryl methyl sites for hydroxylation is 1. The number of carbonyl (C=O) groups excluding carboxylic acids is 2. The highest BCUT2D eigenvalue weighted by molar-refractivity contribution is 9.10. The number of nitriles is 1. The third-order valence-corrected chi connectivity index (χ3v) is 5.54. The van der Waals surface area contributed by atoms with Gasteiger partial charge in [-0.05, 0) is 62.2 Å². The molecule has 0 unspecified atom stereocenters. The number of halogens is 1. The molecule has 2 aromatic carbocycles. The van der Waals surface area contributed by atoms with Gasteiger partial charge in [-0.2, -0.15) is 5.26 Å². The molecule has 0 aliphatic carbocycles. The lowest BCUT2D eigenvalue weighted by Gasteiger charge is -2.12. The summed E-state index contributed by atoms with van der Waals surface area (Å²) in [5.41, 5.74) is 1.49. The average Bonchev–Trinajstić information content (AvgIpc) is 2.74. The molecule has 0 amide bonds. The van der Waals surface area contributed by atoms with Crippen molar-refractivity contribution in [1.82, 2.24) is 0 Å². The van der Waals surface area contributed by atoms with E-state index in [2.05, 4.69) is 15.9 Å². The minimum absolute atomic E-state index is 0.130. The monoisotopic (exact) mass is 503 g/mol. The highest BCUT2D eigenvalue weighted by atomic mass is 79.9. The van der Waals surface area contributed by atoms with Crippen molar-refractivity contribution >= 4 is 45.7 Å². The van der Waals surface area contributed by atoms with Gasteiger partial charge in [-0.3, -0.25) is 4.79 Å². The van der Waals surface area contributed by atoms with E-state index in [1.807, 2.05) is 31.2 Å². The topological polar surface area (TPSA) is 85.6 Å². The number of carbonyl (C=O) groups is 2. The van der Waals surface area contributed by atoms with E-state index in [0.29, 0.717) is 17.9 Å². The number of thioether (sulfide) groups is 1. The van der Waals surface area contributed by atoms with Crippen LogP contribution in [-0.4, -0.2) is 30.9 Å². The Morgan fingerprint density at radius 1 is 1.13 bits per heavy atom. The first kappa shape index (κ1) is 24.5. The molecule has 0 fully saturated rings. The first-order chi connectivity index (χ1) is 14.9. The number of hydrogen-bond donors (Lipinski definition) is 0. The fourth-order valence-corrected chi connectivity index (χ4v) is 3.85. The van der Waals surface area contributed by atoms with Crippen LogP contribution in [0.4, 0.5) is 0 Å². The van der Waals surface area contributed by atoms with Crippen LogP contribution in [0.5, 0.6) is 11.5 Å². The fraction of sp³-hybridized carbons (Fsp3) is 0.261. The molecule has 8 heteroatoms. The van der Waals surface area contributed by atoms with E-state index in [1.165, 1.54) is 17.8 Å². The molecule has 0 radical (unpaired) electrons. The second-order valence-corrected chi connectivity index (χ2v) is 8.13. The molecule has 0 bridgehead atoms. The molecule has 0 N–H and O–H groups in total. The standard InChI is InChI=1S/C23H22BrNO5S/c1-4-28-20-11-16(10-17(13-25)23(27)29-5-2)7-9-19(20)30-22(26)14-31-21-12-18(24)8-6-15(21)3/h6-12H,4-5,14H2,1-3H3. The minimum Gasteiger partial charge on any atom is -0.490 e. The molecule has 0 aliphatic rings. The molecule has 0 atom stereocenters. The first-order valence-electron chi connectivity index (χ1n) is 9.53. The van der Waals surface area contributed by atoms with E-state index in [1.54, 1.807) is 32.0 Å². The Balaban J connectivity index is 2.15. The lowest BCUT2D eigenvalue weighted by molar-refractivity contribution is -0.138. The molecule has 6 nitrogen and oxygen atoms in total. The Kier molecular flexibility index (Phi) is 9.63. The first-order valence-corrected chi connectivity index (χ1v) is 11.3. The van der Waals surface area contributed by atoms with E-state index >= 15 is 0 Å². The zero-order valence-electron chi connectivity index (χ0n) is 17.4. The zero-order chi connectivity index (χ0) is 22.8. The van der Waals surface area contributed by atoms with Gasteiger partial charge in [-0.1, -0.05) is 28.1 Å². The van der Waals surface area contributed by atoms with Gasteiger partial charge in [-0.15, -0.1) is 11.8 Å². The van der Waals surface area contributed by atoms with Gasteiger partial charge in [-0.25, -0.2) is 4.79 Å². The van der Waals surface area contributed by atoms with Gasteiger partial charge >= 0.3 is 11.9 Å². The van der Waals surface area contributed by atoms with Crippen molar-refractivity contribution in [3.63, 3.8) is 0 Å². The van der Waals surface area contributed by atoms with Crippen molar-refractivity contribution in [2.75, 3.05) is 19.0 Å². The summed E-state index contributed by atoms with van der Waals surface area (Å²) in [7, 11) is 0. The van der Waals surface area contributed by atoms with Gasteiger partial charge in [0, 0.05) is 9.37 Å². The zero-order valence-corrected chi connectivity index (χ0v) is 19.8. The quantitative estimate of drug-likeness (QED) is 0.150. The summed E-state index contributed by atoms with van der Waals surface area (Å²) in [5, 5.41) is 9.20. The van der Waals surface area contributed by atoms with Gasteiger partial charge in [0.1, 0.15) is 11.6 Å². The summed E-state index contributed by atoms with van der Waals surface area (Å²) >= 11 is 4.82. The summed E-state index contributed by atoms with van der Waals surface area (Å²) in [5.74, 6) is -0.373. The molecule has 0 saturated heterocycles. The second-order valence-electron chi connectivity index (χ2n) is 6.20. The highest BCUT2D eigenvalue weighted by Gasteiger charge is 2.14. The number of rotatable bonds is 9. The normalized spacial score (nSPS) is 10.9. The van der Waals surface area contributed by atoms with E-state index in [-0.39, 0.29) is 23.7 Å². The number of ether oxygens (including phenoxy) is 3. The van der Waals surface area contributed by atoms with Crippen LogP contribution < -0.4 is 9.47 Å². The van der Waals surface area contributed by atoms with E-state index in [9.17, 15) is 14.9 Å². The SMILES string of the molecule is CCOC(=O)C(C#N)=Cc1ccc(OC(=O)CSc2cc(Br)ccc2C)c(OCC)c1. The van der Waals surface area contributed by atoms with E-state index in [4.69, 9.17) is 14.2 Å². The molecule has 0 heterocycles. The highest BCUT2D eigenvalue weighted by Crippen LogP contribution is 2.31. The molecule has 2 aromatic rings. The Hall–Kier alpha value is -2.76. The van der Waals surface area contributed by atoms with Crippen LogP contribution >= 0.6 is 27.7 Å². The Labute approximate surface area is 194 Å². The van der Waals surface area contributed by atoms with Gasteiger partial charge in [0.25, 0.3) is 0 Å². The van der Waals surface area contributed by atoms with Crippen LogP contribution in [0.1, 0.15) is 25.0 Å². The van der Waals surface area contributed by atoms with Gasteiger partial charge in [0.15, 0.2) is 11.5 Å². The number of nitrogens with zero attached hydrogens (tertiary/aromatic N) is 1. The summed E-state index contributed by atoms with van der Waals surface area (Å²) in [4.78, 5) is 25.2. The van der Waals surface area contributed by atoms with Gasteiger partial charge in [0.05, 0.1) is 19.0 Å². The second kappa shape index (κ2) is 12.2. The van der Waals surface area contributed by atoms with Crippen LogP contribution in [0.3, 0.4) is 0 Å². The minimum atomic E-state index is -0.696. The summed E-state index contributed by atoms with van der Waals surface area (Å²) < 4.78 is 16.9. The molecule has 0 aromatic heterocycles. The van der Waals surface area contributed by atoms with Crippen molar-refractivity contribution in [3.05, 3.63) is 57.6 Å². The molecule has 2 rings (SSSR count). The van der Waals surface area contributed by atoms with Crippen LogP contribution in [0.2, 0.25) is 0 Å². The Morgan fingerprint density at radius 2 is 1.90 bits per heavy atom. The predicted octanol–water partition coefficient (Wildman–Crippen LogP) is 5.32. The Bertz CT molecular complexity index is 1030. The van der Waals surface area contributed by atoms with Crippen molar-refractivity contribution in [2.24, 2.45) is 0 Å². The van der Waals surface area contributed by atoms with Gasteiger partial charge < -0.3 is 14.2 Å². The van der Waals surface area contributed by atoms with Crippen molar-refractivity contribution in [1.29, 1.82) is 5.26 Å². The molecule has 31 heavy (non-hydrogen) atoms. The summed E-state index contributed by atoms with van der Waals surface area (Å²) in [6.45, 7) is 5.98. The molecule has 0 spiro atoms. The third-order valence-electron chi connectivity index (χ3n) is 3.91. The predicted molar refractivity (Wildman–Crippen MR) is 123 cm³/mol. The van der Waals surface area contributed by atoms with E-state index in [0.717, 1.165) is 14.9 Å². The lowest BCUT2D eigenvalue weighted by atomic mass is 10.1. The maximum absolute atomic E-state index is 12.4. The van der Waals surface area contributed by atoms with Crippen LogP contribution in [0, 0.1) is 18.3 Å². The van der Waals surface area contributed by atoms with Crippen molar-refractivity contribution < 1.29 is 23.8 Å². The number of esters is 2. The maximum Gasteiger partial charge on any atom is 0.348 e. The molecular formula is C23H22BrNO5S. The van der Waals surface area contributed by atoms with Crippen molar-refractivity contribution in [3.8, 4) is 17.6 Å². The van der Waals surface area contributed by atoms with Gasteiger partial charge in [0.2, 0.25) is 0 Å². The largest absolute Gasteiger partial charge is 0.490 e. The third kappa shape index (κ3) is 7.46. The molecular weight excluding hydrogens is 482 g/mol. The molecule has 0 saturated carbocycles. The van der Waals surface area contributed by atoms with Crippen LogP contribution in [0.25, 0.3) is 6.08 Å². The van der Waals surface area contributed by atoms with E-state index < -0.39 is 11.9 Å². The molecule has 162 valence electrons. The van der Waals surface area contributed by atoms with Crippen LogP contribution in [-0.2, 0) is 14.3 Å². The number of benzene rings is 2. The fourth-order valence-electron chi connectivity index (χ4n) is 2.50.